The molecule has 24 heavy (non-hydrogen) atoms. The molecular formula is C17H29N3O3S. The average molecular weight is 356 g/mol. The lowest BCUT2D eigenvalue weighted by molar-refractivity contribution is 0.348. The van der Waals surface area contributed by atoms with Crippen LogP contribution in [-0.2, 0) is 16.4 Å². The Bertz CT molecular complexity index is 655. The van der Waals surface area contributed by atoms with Crippen molar-refractivity contribution < 1.29 is 13.2 Å². The maximum absolute atomic E-state index is 11.3. The third kappa shape index (κ3) is 8.19. The van der Waals surface area contributed by atoms with Gasteiger partial charge < -0.3 is 15.4 Å². The summed E-state index contributed by atoms with van der Waals surface area (Å²) in [6.45, 7) is 5.35. The molecule has 0 bridgehead atoms. The number of hydrogen-bond donors (Lipinski definition) is 2. The van der Waals surface area contributed by atoms with Crippen LogP contribution < -0.4 is 15.4 Å². The maximum Gasteiger partial charge on any atom is 0.191 e. The first-order chi connectivity index (χ1) is 11.1. The van der Waals surface area contributed by atoms with Crippen LogP contribution in [-0.4, -0.2) is 47.1 Å². The van der Waals surface area contributed by atoms with E-state index in [-0.39, 0.29) is 11.2 Å². The van der Waals surface area contributed by atoms with Crippen LogP contribution in [0.2, 0.25) is 0 Å². The average Bonchev–Trinajstić information content (AvgIpc) is 2.53. The van der Waals surface area contributed by atoms with Crippen LogP contribution >= 0.6 is 0 Å². The summed E-state index contributed by atoms with van der Waals surface area (Å²) in [7, 11) is 0.417. The normalized spacial score (nSPS) is 12.8. The molecule has 0 saturated heterocycles. The molecule has 0 heterocycles. The van der Waals surface area contributed by atoms with Crippen LogP contribution in [0, 0.1) is 5.41 Å². The van der Waals surface area contributed by atoms with Gasteiger partial charge in [-0.05, 0) is 29.5 Å². The van der Waals surface area contributed by atoms with Gasteiger partial charge in [0.05, 0.1) is 12.9 Å². The molecule has 6 nitrogen and oxygen atoms in total. The second-order valence-corrected chi connectivity index (χ2v) is 8.93. The largest absolute Gasteiger partial charge is 0.497 e. The molecule has 0 aromatic heterocycles. The zero-order chi connectivity index (χ0) is 18.2. The minimum absolute atomic E-state index is 0.142. The number of benzene rings is 1. The highest BCUT2D eigenvalue weighted by Crippen LogP contribution is 2.19. The maximum atomic E-state index is 11.3. The molecule has 1 aromatic rings. The van der Waals surface area contributed by atoms with Crippen LogP contribution in [0.25, 0.3) is 0 Å². The summed E-state index contributed by atoms with van der Waals surface area (Å²) < 4.78 is 27.8. The van der Waals surface area contributed by atoms with Crippen molar-refractivity contribution in [3.8, 4) is 5.75 Å². The Morgan fingerprint density at radius 1 is 1.29 bits per heavy atom. The Balaban J connectivity index is 2.49. The van der Waals surface area contributed by atoms with E-state index in [2.05, 4.69) is 15.6 Å². The van der Waals surface area contributed by atoms with Gasteiger partial charge in [0.1, 0.15) is 15.6 Å². The van der Waals surface area contributed by atoms with Crippen molar-refractivity contribution in [2.75, 3.05) is 32.7 Å². The Morgan fingerprint density at radius 2 is 2.00 bits per heavy atom. The van der Waals surface area contributed by atoms with E-state index in [4.69, 9.17) is 4.74 Å². The first-order valence-electron chi connectivity index (χ1n) is 7.90. The molecule has 1 rings (SSSR count). The van der Waals surface area contributed by atoms with Gasteiger partial charge in [-0.3, -0.25) is 4.99 Å². The second kappa shape index (κ2) is 8.92. The second-order valence-electron chi connectivity index (χ2n) is 6.67. The van der Waals surface area contributed by atoms with Crippen molar-refractivity contribution >= 4 is 15.8 Å². The van der Waals surface area contributed by atoms with Crippen molar-refractivity contribution in [3.05, 3.63) is 29.8 Å². The summed E-state index contributed by atoms with van der Waals surface area (Å²) in [4.78, 5) is 4.20. The van der Waals surface area contributed by atoms with Crippen molar-refractivity contribution in [1.29, 1.82) is 0 Å². The molecule has 0 amide bonds. The minimum atomic E-state index is -2.94. The molecule has 2 N–H and O–H groups in total. The predicted molar refractivity (Wildman–Crippen MR) is 99.3 cm³/mol. The topological polar surface area (TPSA) is 79.8 Å². The number of nitrogens with one attached hydrogen (secondary N) is 2. The molecule has 0 aliphatic rings. The number of rotatable bonds is 8. The van der Waals surface area contributed by atoms with E-state index in [9.17, 15) is 8.42 Å². The summed E-state index contributed by atoms with van der Waals surface area (Å²) in [5.74, 6) is 1.70. The number of guanidine groups is 1. The van der Waals surface area contributed by atoms with Gasteiger partial charge in [-0.2, -0.15) is 0 Å². The quantitative estimate of drug-likeness (QED) is 0.549. The number of methoxy groups -OCH3 is 1. The van der Waals surface area contributed by atoms with Gasteiger partial charge in [-0.1, -0.05) is 26.0 Å². The van der Waals surface area contributed by atoms with E-state index in [1.165, 1.54) is 6.26 Å². The lowest BCUT2D eigenvalue weighted by Gasteiger charge is -2.25. The van der Waals surface area contributed by atoms with Crippen molar-refractivity contribution in [3.63, 3.8) is 0 Å². The van der Waals surface area contributed by atoms with E-state index < -0.39 is 9.84 Å². The fourth-order valence-corrected chi connectivity index (χ4v) is 2.99. The van der Waals surface area contributed by atoms with Crippen molar-refractivity contribution in [2.45, 2.75) is 26.8 Å². The lowest BCUT2D eigenvalue weighted by atomic mass is 9.90. The van der Waals surface area contributed by atoms with Gasteiger partial charge in [-0.15, -0.1) is 0 Å². The van der Waals surface area contributed by atoms with E-state index in [1.807, 2.05) is 38.1 Å². The van der Waals surface area contributed by atoms with Gasteiger partial charge >= 0.3 is 0 Å². The molecular weight excluding hydrogens is 326 g/mol. The molecule has 136 valence electrons. The Labute approximate surface area is 145 Å². The molecule has 0 saturated carbocycles. The van der Waals surface area contributed by atoms with Crippen LogP contribution in [0.3, 0.4) is 0 Å². The van der Waals surface area contributed by atoms with E-state index in [0.29, 0.717) is 25.5 Å². The van der Waals surface area contributed by atoms with E-state index >= 15 is 0 Å². The molecule has 0 radical (unpaired) electrons. The van der Waals surface area contributed by atoms with Gasteiger partial charge in [0, 0.05) is 26.4 Å². The SMILES string of the molecule is CN=C(NCc1cccc(OC)c1)NCC(C)(C)CCS(C)(=O)=O. The first-order valence-corrected chi connectivity index (χ1v) is 9.96. The van der Waals surface area contributed by atoms with Crippen LogP contribution in [0.5, 0.6) is 5.75 Å². The van der Waals surface area contributed by atoms with Gasteiger partial charge in [-0.25, -0.2) is 8.42 Å². The molecule has 0 aliphatic heterocycles. The van der Waals surface area contributed by atoms with Gasteiger partial charge in [0.15, 0.2) is 5.96 Å². The van der Waals surface area contributed by atoms with Crippen LogP contribution in [0.15, 0.2) is 29.3 Å². The third-order valence-electron chi connectivity index (χ3n) is 3.70. The number of aliphatic imine (C=N–C) groups is 1. The summed E-state index contributed by atoms with van der Waals surface area (Å²) in [5, 5.41) is 6.50. The smallest absolute Gasteiger partial charge is 0.191 e. The van der Waals surface area contributed by atoms with Gasteiger partial charge in [0.2, 0.25) is 0 Å². The number of nitrogens with zero attached hydrogens (tertiary/aromatic N) is 1. The summed E-state index contributed by atoms with van der Waals surface area (Å²) in [5.41, 5.74) is 0.949. The summed E-state index contributed by atoms with van der Waals surface area (Å²) in [6.07, 6.45) is 1.87. The van der Waals surface area contributed by atoms with Gasteiger partial charge in [0.25, 0.3) is 0 Å². The standard InChI is InChI=1S/C17H29N3O3S/c1-17(2,9-10-24(5,21)22)13-20-16(18-3)19-12-14-7-6-8-15(11-14)23-4/h6-8,11H,9-10,12-13H2,1-5H3,(H2,18,19,20). The monoisotopic (exact) mass is 355 g/mol. The number of hydrogen-bond acceptors (Lipinski definition) is 4. The number of ether oxygens (including phenoxy) is 1. The molecule has 0 fully saturated rings. The van der Waals surface area contributed by atoms with Crippen molar-refractivity contribution in [1.82, 2.24) is 10.6 Å². The Morgan fingerprint density at radius 3 is 2.58 bits per heavy atom. The summed E-state index contributed by atoms with van der Waals surface area (Å²) in [6, 6.07) is 7.83. The molecule has 0 spiro atoms. The molecule has 0 atom stereocenters. The summed E-state index contributed by atoms with van der Waals surface area (Å²) >= 11 is 0. The van der Waals surface area contributed by atoms with Crippen LogP contribution in [0.4, 0.5) is 0 Å². The fourth-order valence-electron chi connectivity index (χ4n) is 2.06. The third-order valence-corrected chi connectivity index (χ3v) is 4.65. The zero-order valence-electron chi connectivity index (χ0n) is 15.2. The Kier molecular flexibility index (Phi) is 7.54. The zero-order valence-corrected chi connectivity index (χ0v) is 16.0. The molecule has 0 aliphatic carbocycles. The van der Waals surface area contributed by atoms with Crippen LogP contribution in [0.1, 0.15) is 25.8 Å². The highest BCUT2D eigenvalue weighted by Gasteiger charge is 2.20. The first kappa shape index (κ1) is 20.3. The molecule has 7 heteroatoms. The van der Waals surface area contributed by atoms with E-state index in [0.717, 1.165) is 11.3 Å². The highest BCUT2D eigenvalue weighted by atomic mass is 32.2. The molecule has 0 unspecified atom stereocenters. The lowest BCUT2D eigenvalue weighted by Crippen LogP contribution is -2.42. The number of sulfone groups is 1. The fraction of sp³-hybridized carbons (Fsp3) is 0.588. The minimum Gasteiger partial charge on any atom is -0.497 e. The highest BCUT2D eigenvalue weighted by molar-refractivity contribution is 7.90. The van der Waals surface area contributed by atoms with Crippen molar-refractivity contribution in [2.24, 2.45) is 10.4 Å². The predicted octanol–water partition coefficient (Wildman–Crippen LogP) is 1.82. The van der Waals surface area contributed by atoms with E-state index in [1.54, 1.807) is 14.2 Å². The molecule has 1 aromatic carbocycles. The Hall–Kier alpha value is -1.76.